The summed E-state index contributed by atoms with van der Waals surface area (Å²) in [6.45, 7) is 12.9. The summed E-state index contributed by atoms with van der Waals surface area (Å²) in [5, 5.41) is 3.81. The van der Waals surface area contributed by atoms with E-state index in [1.54, 1.807) is 0 Å². The summed E-state index contributed by atoms with van der Waals surface area (Å²) in [7, 11) is 0. The molecule has 0 bridgehead atoms. The molecule has 1 saturated carbocycles. The van der Waals surface area contributed by atoms with Crippen molar-refractivity contribution in [3.8, 4) is 0 Å². The monoisotopic (exact) mass is 239 g/mol. The zero-order valence-electron chi connectivity index (χ0n) is 12.7. The van der Waals surface area contributed by atoms with Gasteiger partial charge in [-0.3, -0.25) is 0 Å². The van der Waals surface area contributed by atoms with Crippen LogP contribution in [0.5, 0.6) is 0 Å². The summed E-state index contributed by atoms with van der Waals surface area (Å²) in [4.78, 5) is 0. The van der Waals surface area contributed by atoms with Gasteiger partial charge < -0.3 is 5.32 Å². The van der Waals surface area contributed by atoms with E-state index in [9.17, 15) is 0 Å². The molecule has 0 aromatic heterocycles. The maximum Gasteiger partial charge on any atom is 0.00674 e. The zero-order valence-corrected chi connectivity index (χ0v) is 12.7. The molecule has 0 amide bonds. The van der Waals surface area contributed by atoms with Crippen molar-refractivity contribution in [1.82, 2.24) is 5.32 Å². The zero-order chi connectivity index (χ0) is 12.9. The Kier molecular flexibility index (Phi) is 5.99. The van der Waals surface area contributed by atoms with Crippen LogP contribution >= 0.6 is 0 Å². The van der Waals surface area contributed by atoms with E-state index in [2.05, 4.69) is 39.9 Å². The summed E-state index contributed by atoms with van der Waals surface area (Å²) in [5.74, 6) is 1.78. The van der Waals surface area contributed by atoms with Crippen LogP contribution in [-0.4, -0.2) is 12.6 Å². The van der Waals surface area contributed by atoms with Gasteiger partial charge in [0.15, 0.2) is 0 Å². The average Bonchev–Trinajstić information content (AvgIpc) is 2.28. The van der Waals surface area contributed by atoms with E-state index in [0.717, 1.165) is 17.9 Å². The quantitative estimate of drug-likeness (QED) is 0.713. The molecular formula is C16H33N. The fourth-order valence-corrected chi connectivity index (χ4v) is 2.68. The van der Waals surface area contributed by atoms with Gasteiger partial charge in [-0.2, -0.15) is 0 Å². The van der Waals surface area contributed by atoms with E-state index in [0.29, 0.717) is 5.41 Å². The molecule has 1 nitrogen and oxygen atoms in total. The molecule has 0 heterocycles. The molecule has 1 fully saturated rings. The van der Waals surface area contributed by atoms with E-state index in [4.69, 9.17) is 0 Å². The van der Waals surface area contributed by atoms with Crippen molar-refractivity contribution < 1.29 is 0 Å². The molecule has 0 saturated heterocycles. The SMILES string of the molecule is CCCC1CCC(NCC(C)(C)C(C)C)CC1. The predicted molar refractivity (Wildman–Crippen MR) is 77.3 cm³/mol. The van der Waals surface area contributed by atoms with Crippen LogP contribution in [0.15, 0.2) is 0 Å². The molecule has 1 rings (SSSR count). The lowest BCUT2D eigenvalue weighted by Crippen LogP contribution is -2.41. The third-order valence-electron chi connectivity index (χ3n) is 4.95. The second kappa shape index (κ2) is 6.78. The van der Waals surface area contributed by atoms with Crippen molar-refractivity contribution in [1.29, 1.82) is 0 Å². The van der Waals surface area contributed by atoms with E-state index < -0.39 is 0 Å². The second-order valence-electron chi connectivity index (χ2n) is 7.03. The molecule has 17 heavy (non-hydrogen) atoms. The molecule has 0 radical (unpaired) electrons. The minimum atomic E-state index is 0.431. The Bertz CT molecular complexity index is 200. The van der Waals surface area contributed by atoms with Crippen molar-refractivity contribution in [2.45, 2.75) is 79.2 Å². The van der Waals surface area contributed by atoms with Crippen molar-refractivity contribution in [2.24, 2.45) is 17.3 Å². The van der Waals surface area contributed by atoms with Crippen LogP contribution in [-0.2, 0) is 0 Å². The van der Waals surface area contributed by atoms with Gasteiger partial charge in [0, 0.05) is 12.6 Å². The average molecular weight is 239 g/mol. The molecule has 1 heteroatoms. The van der Waals surface area contributed by atoms with Gasteiger partial charge in [0.25, 0.3) is 0 Å². The van der Waals surface area contributed by atoms with Gasteiger partial charge in [-0.05, 0) is 42.9 Å². The maximum atomic E-state index is 3.81. The molecule has 0 aromatic carbocycles. The molecule has 0 aliphatic heterocycles. The summed E-state index contributed by atoms with van der Waals surface area (Å²) in [6, 6.07) is 0.793. The number of hydrogen-bond donors (Lipinski definition) is 1. The Hall–Kier alpha value is -0.0400. The highest BCUT2D eigenvalue weighted by Crippen LogP contribution is 2.29. The number of hydrogen-bond acceptors (Lipinski definition) is 1. The molecule has 1 aliphatic carbocycles. The van der Waals surface area contributed by atoms with Crippen molar-refractivity contribution in [2.75, 3.05) is 6.54 Å². The summed E-state index contributed by atoms with van der Waals surface area (Å²) >= 11 is 0. The van der Waals surface area contributed by atoms with Crippen molar-refractivity contribution in [3.63, 3.8) is 0 Å². The van der Waals surface area contributed by atoms with Gasteiger partial charge in [-0.1, -0.05) is 47.5 Å². The standard InChI is InChI=1S/C16H33N/c1-6-7-14-8-10-15(11-9-14)17-12-16(4,5)13(2)3/h13-15,17H,6-12H2,1-5H3. The van der Waals surface area contributed by atoms with Crippen LogP contribution in [0.1, 0.15) is 73.1 Å². The minimum Gasteiger partial charge on any atom is -0.313 e. The molecule has 1 aliphatic rings. The first-order chi connectivity index (χ1) is 7.95. The maximum absolute atomic E-state index is 3.81. The number of rotatable bonds is 6. The molecule has 0 atom stereocenters. The van der Waals surface area contributed by atoms with Gasteiger partial charge in [0.1, 0.15) is 0 Å². The van der Waals surface area contributed by atoms with E-state index >= 15 is 0 Å². The fourth-order valence-electron chi connectivity index (χ4n) is 2.68. The fraction of sp³-hybridized carbons (Fsp3) is 1.00. The highest BCUT2D eigenvalue weighted by Gasteiger charge is 2.25. The van der Waals surface area contributed by atoms with Gasteiger partial charge in [-0.15, -0.1) is 0 Å². The second-order valence-corrected chi connectivity index (χ2v) is 7.03. The largest absolute Gasteiger partial charge is 0.313 e. The smallest absolute Gasteiger partial charge is 0.00674 e. The van der Waals surface area contributed by atoms with E-state index in [1.165, 1.54) is 45.1 Å². The summed E-state index contributed by atoms with van der Waals surface area (Å²) in [6.07, 6.45) is 8.52. The first-order valence-electron chi connectivity index (χ1n) is 7.69. The lowest BCUT2D eigenvalue weighted by Gasteiger charge is -2.34. The van der Waals surface area contributed by atoms with Gasteiger partial charge in [-0.25, -0.2) is 0 Å². The molecule has 0 unspecified atom stereocenters. The number of nitrogens with one attached hydrogen (secondary N) is 1. The van der Waals surface area contributed by atoms with Crippen molar-refractivity contribution >= 4 is 0 Å². The normalized spacial score (nSPS) is 26.5. The summed E-state index contributed by atoms with van der Waals surface area (Å²) in [5.41, 5.74) is 0.431. The van der Waals surface area contributed by atoms with Crippen LogP contribution < -0.4 is 5.32 Å². The van der Waals surface area contributed by atoms with Gasteiger partial charge >= 0.3 is 0 Å². The Balaban J connectivity index is 2.22. The Morgan fingerprint density at radius 1 is 1.12 bits per heavy atom. The Morgan fingerprint density at radius 2 is 1.71 bits per heavy atom. The van der Waals surface area contributed by atoms with Crippen molar-refractivity contribution in [3.05, 3.63) is 0 Å². The molecule has 0 spiro atoms. The highest BCUT2D eigenvalue weighted by atomic mass is 14.9. The van der Waals surface area contributed by atoms with Crippen LogP contribution in [0.2, 0.25) is 0 Å². The highest BCUT2D eigenvalue weighted by molar-refractivity contribution is 4.81. The first-order valence-corrected chi connectivity index (χ1v) is 7.69. The van der Waals surface area contributed by atoms with Crippen LogP contribution in [0, 0.1) is 17.3 Å². The van der Waals surface area contributed by atoms with E-state index in [-0.39, 0.29) is 0 Å². The summed E-state index contributed by atoms with van der Waals surface area (Å²) < 4.78 is 0. The topological polar surface area (TPSA) is 12.0 Å². The third kappa shape index (κ3) is 4.99. The van der Waals surface area contributed by atoms with Crippen LogP contribution in [0.25, 0.3) is 0 Å². The van der Waals surface area contributed by atoms with Crippen LogP contribution in [0.3, 0.4) is 0 Å². The molecule has 0 aromatic rings. The molecular weight excluding hydrogens is 206 g/mol. The minimum absolute atomic E-state index is 0.431. The van der Waals surface area contributed by atoms with Gasteiger partial charge in [0.05, 0.1) is 0 Å². The molecule has 102 valence electrons. The lowest BCUT2D eigenvalue weighted by molar-refractivity contribution is 0.204. The lowest BCUT2D eigenvalue weighted by atomic mass is 9.79. The predicted octanol–water partition coefficient (Wildman–Crippen LogP) is 4.62. The van der Waals surface area contributed by atoms with Gasteiger partial charge in [0.2, 0.25) is 0 Å². The van der Waals surface area contributed by atoms with Crippen LogP contribution in [0.4, 0.5) is 0 Å². The Labute approximate surface area is 109 Å². The molecule has 1 N–H and O–H groups in total. The Morgan fingerprint density at radius 3 is 2.18 bits per heavy atom. The third-order valence-corrected chi connectivity index (χ3v) is 4.95. The first kappa shape index (κ1) is 15.0. The van der Waals surface area contributed by atoms with E-state index in [1.807, 2.05) is 0 Å².